The Morgan fingerprint density at radius 1 is 1.09 bits per heavy atom. The van der Waals surface area contributed by atoms with E-state index in [4.69, 9.17) is 16.7 Å². The van der Waals surface area contributed by atoms with Gasteiger partial charge in [0.2, 0.25) is 0 Å². The molecule has 1 aromatic carbocycles. The average Bonchev–Trinajstić information content (AvgIpc) is 3.18. The molecule has 0 bridgehead atoms. The molecule has 0 aliphatic carbocycles. The number of halogens is 1. The number of nitrogens with one attached hydrogen (secondary N) is 1. The monoisotopic (exact) mass is 330 g/mol. The number of aromatic nitrogens is 2. The summed E-state index contributed by atoms with van der Waals surface area (Å²) in [4.78, 5) is 2.58. The molecular weight excluding hydrogens is 308 g/mol. The fraction of sp³-hybridized carbons (Fsp3) is 0.500. The van der Waals surface area contributed by atoms with Crippen LogP contribution in [0.5, 0.6) is 0 Å². The van der Waals surface area contributed by atoms with Gasteiger partial charge in [-0.2, -0.15) is 5.10 Å². The van der Waals surface area contributed by atoms with Gasteiger partial charge >= 0.3 is 0 Å². The van der Waals surface area contributed by atoms with Crippen LogP contribution in [0.25, 0.3) is 5.69 Å². The number of benzene rings is 1. The lowest BCUT2D eigenvalue weighted by Crippen LogP contribution is -2.31. The average molecular weight is 331 g/mol. The molecule has 23 heavy (non-hydrogen) atoms. The van der Waals surface area contributed by atoms with E-state index < -0.39 is 0 Å². The Bertz CT molecular complexity index is 671. The molecule has 2 aromatic rings. The van der Waals surface area contributed by atoms with Gasteiger partial charge in [0.15, 0.2) is 0 Å². The zero-order chi connectivity index (χ0) is 15.6. The first-order valence-corrected chi connectivity index (χ1v) is 9.02. The van der Waals surface area contributed by atoms with E-state index in [2.05, 4.69) is 10.2 Å². The largest absolute Gasteiger partial charge is 0.369 e. The van der Waals surface area contributed by atoms with Gasteiger partial charge in [-0.15, -0.1) is 0 Å². The van der Waals surface area contributed by atoms with Crippen molar-refractivity contribution >= 4 is 17.4 Å². The van der Waals surface area contributed by atoms with Gasteiger partial charge in [-0.05, 0) is 56.6 Å². The molecule has 4 rings (SSSR count). The van der Waals surface area contributed by atoms with Crippen molar-refractivity contribution in [3.8, 4) is 5.69 Å². The summed E-state index contributed by atoms with van der Waals surface area (Å²) in [6.45, 7) is 4.64. The third-order valence-corrected chi connectivity index (χ3v) is 5.17. The van der Waals surface area contributed by atoms with E-state index in [9.17, 15) is 0 Å². The second-order valence-corrected chi connectivity index (χ2v) is 6.93. The van der Waals surface area contributed by atoms with E-state index in [1.165, 1.54) is 49.4 Å². The highest BCUT2D eigenvalue weighted by Gasteiger charge is 2.23. The lowest BCUT2D eigenvalue weighted by molar-refractivity contribution is 0.230. The summed E-state index contributed by atoms with van der Waals surface area (Å²) in [6.07, 6.45) is 6.21. The molecule has 0 amide bonds. The van der Waals surface area contributed by atoms with Gasteiger partial charge in [0.1, 0.15) is 5.82 Å². The molecule has 1 aromatic heterocycles. The van der Waals surface area contributed by atoms with Gasteiger partial charge in [-0.3, -0.25) is 0 Å². The van der Waals surface area contributed by atoms with Crippen molar-refractivity contribution in [2.45, 2.75) is 32.1 Å². The highest BCUT2D eigenvalue weighted by atomic mass is 35.5. The van der Waals surface area contributed by atoms with Gasteiger partial charge in [0.25, 0.3) is 0 Å². The zero-order valence-corrected chi connectivity index (χ0v) is 14.1. The standard InChI is InChI=1S/C18H23ClN4/c19-14-4-6-15(7-5-14)23-18-16(8-10-20-18)17(21-23)9-13-22-11-2-1-3-12-22/h4-7,20H,1-3,8-13H2. The minimum atomic E-state index is 0.760. The zero-order valence-electron chi connectivity index (χ0n) is 13.4. The van der Waals surface area contributed by atoms with Gasteiger partial charge < -0.3 is 10.2 Å². The first-order valence-electron chi connectivity index (χ1n) is 8.64. The highest BCUT2D eigenvalue weighted by molar-refractivity contribution is 6.30. The van der Waals surface area contributed by atoms with Crippen LogP contribution in [0.2, 0.25) is 5.02 Å². The molecule has 0 saturated carbocycles. The number of hydrogen-bond acceptors (Lipinski definition) is 3. The molecule has 0 atom stereocenters. The minimum Gasteiger partial charge on any atom is -0.369 e. The van der Waals surface area contributed by atoms with Crippen LogP contribution in [0.4, 0.5) is 5.82 Å². The van der Waals surface area contributed by atoms with Crippen LogP contribution in [0, 0.1) is 0 Å². The Balaban J connectivity index is 1.56. The number of piperidine rings is 1. The van der Waals surface area contributed by atoms with Crippen molar-refractivity contribution in [2.75, 3.05) is 31.5 Å². The van der Waals surface area contributed by atoms with E-state index in [1.807, 2.05) is 28.9 Å². The van der Waals surface area contributed by atoms with E-state index >= 15 is 0 Å². The number of anilines is 1. The Morgan fingerprint density at radius 3 is 2.65 bits per heavy atom. The topological polar surface area (TPSA) is 33.1 Å². The number of nitrogens with zero attached hydrogens (tertiary/aromatic N) is 3. The minimum absolute atomic E-state index is 0.760. The molecule has 0 spiro atoms. The smallest absolute Gasteiger partial charge is 0.133 e. The fourth-order valence-electron chi connectivity index (χ4n) is 3.66. The lowest BCUT2D eigenvalue weighted by atomic mass is 10.1. The second kappa shape index (κ2) is 6.54. The molecule has 2 aliphatic rings. The molecule has 3 heterocycles. The van der Waals surface area contributed by atoms with Gasteiger partial charge in [0.05, 0.1) is 11.4 Å². The maximum atomic E-state index is 6.01. The second-order valence-electron chi connectivity index (χ2n) is 6.49. The maximum absolute atomic E-state index is 6.01. The van der Waals surface area contributed by atoms with Crippen molar-refractivity contribution in [1.82, 2.24) is 14.7 Å². The molecule has 1 N–H and O–H groups in total. The molecule has 2 aliphatic heterocycles. The van der Waals surface area contributed by atoms with Crippen LogP contribution in [0.1, 0.15) is 30.5 Å². The number of likely N-dealkylation sites (tertiary alicyclic amines) is 1. The molecule has 4 nitrogen and oxygen atoms in total. The molecule has 0 radical (unpaired) electrons. The number of rotatable bonds is 4. The summed E-state index contributed by atoms with van der Waals surface area (Å²) >= 11 is 6.01. The Morgan fingerprint density at radius 2 is 1.87 bits per heavy atom. The Kier molecular flexibility index (Phi) is 4.27. The summed E-state index contributed by atoms with van der Waals surface area (Å²) in [5.74, 6) is 1.17. The molecule has 1 saturated heterocycles. The van der Waals surface area contributed by atoms with Crippen molar-refractivity contribution in [3.05, 3.63) is 40.5 Å². The first-order chi connectivity index (χ1) is 11.3. The van der Waals surface area contributed by atoms with Crippen molar-refractivity contribution in [2.24, 2.45) is 0 Å². The lowest BCUT2D eigenvalue weighted by Gasteiger charge is -2.26. The summed E-state index contributed by atoms with van der Waals surface area (Å²) in [5, 5.41) is 9.15. The number of fused-ring (bicyclic) bond motifs is 1. The normalized spacial score (nSPS) is 18.0. The van der Waals surface area contributed by atoms with Crippen LogP contribution >= 0.6 is 11.6 Å². The molecule has 0 unspecified atom stereocenters. The van der Waals surface area contributed by atoms with Crippen molar-refractivity contribution in [3.63, 3.8) is 0 Å². The summed E-state index contributed by atoms with van der Waals surface area (Å²) < 4.78 is 2.05. The van der Waals surface area contributed by atoms with Crippen LogP contribution in [-0.4, -0.2) is 40.9 Å². The van der Waals surface area contributed by atoms with E-state index in [0.29, 0.717) is 0 Å². The molecule has 5 heteroatoms. The van der Waals surface area contributed by atoms with Gasteiger partial charge in [-0.1, -0.05) is 18.0 Å². The fourth-order valence-corrected chi connectivity index (χ4v) is 3.79. The van der Waals surface area contributed by atoms with Crippen molar-refractivity contribution < 1.29 is 0 Å². The van der Waals surface area contributed by atoms with Gasteiger partial charge in [-0.25, -0.2) is 4.68 Å². The highest BCUT2D eigenvalue weighted by Crippen LogP contribution is 2.29. The van der Waals surface area contributed by atoms with Gasteiger partial charge in [0, 0.05) is 30.1 Å². The SMILES string of the molecule is Clc1ccc(-n2nc(CCN3CCCCC3)c3c2NCC3)cc1. The summed E-state index contributed by atoms with van der Waals surface area (Å²) in [7, 11) is 0. The molecular formula is C18H23ClN4. The predicted molar refractivity (Wildman–Crippen MR) is 94.8 cm³/mol. The van der Waals surface area contributed by atoms with Crippen LogP contribution < -0.4 is 5.32 Å². The third-order valence-electron chi connectivity index (χ3n) is 4.92. The van der Waals surface area contributed by atoms with E-state index in [-0.39, 0.29) is 0 Å². The predicted octanol–water partition coefficient (Wildman–Crippen LogP) is 3.52. The number of hydrogen-bond donors (Lipinski definition) is 1. The quantitative estimate of drug-likeness (QED) is 0.931. The summed E-state index contributed by atoms with van der Waals surface area (Å²) in [5.41, 5.74) is 3.73. The summed E-state index contributed by atoms with van der Waals surface area (Å²) in [6, 6.07) is 7.91. The van der Waals surface area contributed by atoms with E-state index in [1.54, 1.807) is 0 Å². The third kappa shape index (κ3) is 3.10. The van der Waals surface area contributed by atoms with Crippen LogP contribution in [0.15, 0.2) is 24.3 Å². The first kappa shape index (κ1) is 15.0. The van der Waals surface area contributed by atoms with Crippen LogP contribution in [0.3, 0.4) is 0 Å². The van der Waals surface area contributed by atoms with E-state index in [0.717, 1.165) is 36.6 Å². The maximum Gasteiger partial charge on any atom is 0.133 e. The Hall–Kier alpha value is -1.52. The van der Waals surface area contributed by atoms with Crippen molar-refractivity contribution in [1.29, 1.82) is 0 Å². The molecule has 122 valence electrons. The Labute approximate surface area is 142 Å². The van der Waals surface area contributed by atoms with Crippen LogP contribution in [-0.2, 0) is 12.8 Å². The molecule has 1 fully saturated rings.